The van der Waals surface area contributed by atoms with Crippen molar-refractivity contribution in [3.05, 3.63) is 35.6 Å². The zero-order chi connectivity index (χ0) is 13.0. The van der Waals surface area contributed by atoms with Gasteiger partial charge in [-0.2, -0.15) is 0 Å². The SMILES string of the molecule is CC[C@@H](N)C(=O)N(C)C(C)c1ccccc1F. The molecule has 0 radical (unpaired) electrons. The molecular formula is C13H19FN2O. The van der Waals surface area contributed by atoms with Crippen LogP contribution < -0.4 is 5.73 Å². The van der Waals surface area contributed by atoms with E-state index < -0.39 is 6.04 Å². The van der Waals surface area contributed by atoms with Gasteiger partial charge in [0.2, 0.25) is 5.91 Å². The summed E-state index contributed by atoms with van der Waals surface area (Å²) in [5, 5.41) is 0. The van der Waals surface area contributed by atoms with Crippen molar-refractivity contribution in [1.29, 1.82) is 0 Å². The van der Waals surface area contributed by atoms with Crippen molar-refractivity contribution < 1.29 is 9.18 Å². The first kappa shape index (κ1) is 13.6. The van der Waals surface area contributed by atoms with E-state index in [0.29, 0.717) is 12.0 Å². The van der Waals surface area contributed by atoms with Gasteiger partial charge in [0.1, 0.15) is 5.82 Å². The maximum atomic E-state index is 13.6. The Kier molecular flexibility index (Phi) is 4.63. The van der Waals surface area contributed by atoms with Crippen LogP contribution in [0.15, 0.2) is 24.3 Å². The number of halogens is 1. The molecule has 1 amide bonds. The van der Waals surface area contributed by atoms with E-state index in [1.165, 1.54) is 11.0 Å². The highest BCUT2D eigenvalue weighted by molar-refractivity contribution is 5.81. The number of likely N-dealkylation sites (N-methyl/N-ethyl adjacent to an activating group) is 1. The highest BCUT2D eigenvalue weighted by Crippen LogP contribution is 2.22. The van der Waals surface area contributed by atoms with E-state index >= 15 is 0 Å². The average Bonchev–Trinajstić information content (AvgIpc) is 2.35. The quantitative estimate of drug-likeness (QED) is 0.873. The molecule has 0 heterocycles. The fourth-order valence-corrected chi connectivity index (χ4v) is 1.65. The number of hydrogen-bond acceptors (Lipinski definition) is 2. The van der Waals surface area contributed by atoms with Crippen molar-refractivity contribution in [3.8, 4) is 0 Å². The maximum Gasteiger partial charge on any atom is 0.239 e. The first-order valence-corrected chi connectivity index (χ1v) is 5.75. The number of nitrogens with zero attached hydrogens (tertiary/aromatic N) is 1. The van der Waals surface area contributed by atoms with Crippen LogP contribution in [-0.2, 0) is 4.79 Å². The van der Waals surface area contributed by atoms with Crippen molar-refractivity contribution in [2.45, 2.75) is 32.4 Å². The van der Waals surface area contributed by atoms with Crippen LogP contribution in [0.3, 0.4) is 0 Å². The molecule has 0 fully saturated rings. The van der Waals surface area contributed by atoms with E-state index in [2.05, 4.69) is 0 Å². The molecule has 94 valence electrons. The molecule has 0 saturated heterocycles. The predicted octanol–water partition coefficient (Wildman–Crippen LogP) is 2.08. The normalized spacial score (nSPS) is 14.2. The van der Waals surface area contributed by atoms with E-state index in [-0.39, 0.29) is 17.8 Å². The molecule has 0 aromatic heterocycles. The average molecular weight is 238 g/mol. The summed E-state index contributed by atoms with van der Waals surface area (Å²) in [4.78, 5) is 13.4. The molecule has 4 heteroatoms. The molecule has 2 atom stereocenters. The number of carbonyl (C=O) groups excluding carboxylic acids is 1. The van der Waals surface area contributed by atoms with Gasteiger partial charge >= 0.3 is 0 Å². The van der Waals surface area contributed by atoms with E-state index in [0.717, 1.165) is 0 Å². The number of amides is 1. The van der Waals surface area contributed by atoms with Crippen LogP contribution in [0, 0.1) is 5.82 Å². The Labute approximate surface area is 101 Å². The summed E-state index contributed by atoms with van der Waals surface area (Å²) < 4.78 is 13.6. The first-order valence-electron chi connectivity index (χ1n) is 5.75. The molecule has 1 aromatic rings. The van der Waals surface area contributed by atoms with Gasteiger partial charge in [-0.3, -0.25) is 4.79 Å². The van der Waals surface area contributed by atoms with E-state index in [4.69, 9.17) is 5.73 Å². The summed E-state index contributed by atoms with van der Waals surface area (Å²) >= 11 is 0. The number of benzene rings is 1. The summed E-state index contributed by atoms with van der Waals surface area (Å²) in [6.45, 7) is 3.64. The van der Waals surface area contributed by atoms with Crippen molar-refractivity contribution >= 4 is 5.91 Å². The fraction of sp³-hybridized carbons (Fsp3) is 0.462. The van der Waals surface area contributed by atoms with Crippen molar-refractivity contribution in [1.82, 2.24) is 4.90 Å². The Morgan fingerprint density at radius 1 is 1.47 bits per heavy atom. The molecule has 0 aliphatic carbocycles. The highest BCUT2D eigenvalue weighted by atomic mass is 19.1. The van der Waals surface area contributed by atoms with Gasteiger partial charge in [-0.25, -0.2) is 4.39 Å². The topological polar surface area (TPSA) is 46.3 Å². The molecule has 0 bridgehead atoms. The van der Waals surface area contributed by atoms with E-state index in [9.17, 15) is 9.18 Å². The minimum absolute atomic E-state index is 0.164. The van der Waals surface area contributed by atoms with Gasteiger partial charge in [-0.15, -0.1) is 0 Å². The van der Waals surface area contributed by atoms with Crippen molar-refractivity contribution in [2.75, 3.05) is 7.05 Å². The Hall–Kier alpha value is -1.42. The Morgan fingerprint density at radius 3 is 2.59 bits per heavy atom. The Morgan fingerprint density at radius 2 is 2.06 bits per heavy atom. The number of hydrogen-bond donors (Lipinski definition) is 1. The summed E-state index contributed by atoms with van der Waals surface area (Å²) in [5.74, 6) is -0.465. The van der Waals surface area contributed by atoms with Gasteiger partial charge in [0.25, 0.3) is 0 Å². The first-order chi connectivity index (χ1) is 7.99. The van der Waals surface area contributed by atoms with E-state index in [1.54, 1.807) is 32.2 Å². The fourth-order valence-electron chi connectivity index (χ4n) is 1.65. The lowest BCUT2D eigenvalue weighted by Gasteiger charge is -2.27. The van der Waals surface area contributed by atoms with Crippen LogP contribution in [-0.4, -0.2) is 23.9 Å². The van der Waals surface area contributed by atoms with Gasteiger partial charge < -0.3 is 10.6 Å². The lowest BCUT2D eigenvalue weighted by Crippen LogP contribution is -2.42. The zero-order valence-electron chi connectivity index (χ0n) is 10.5. The molecule has 0 spiro atoms. The molecule has 1 aromatic carbocycles. The predicted molar refractivity (Wildman–Crippen MR) is 65.9 cm³/mol. The standard InChI is InChI=1S/C13H19FN2O/c1-4-12(15)13(17)16(3)9(2)10-7-5-6-8-11(10)14/h5-9,12H,4,15H2,1-3H3/t9?,12-/m1/s1. The summed E-state index contributed by atoms with van der Waals surface area (Å²) in [6, 6.07) is 5.62. The molecule has 3 nitrogen and oxygen atoms in total. The van der Waals surface area contributed by atoms with Gasteiger partial charge in [-0.1, -0.05) is 25.1 Å². The smallest absolute Gasteiger partial charge is 0.239 e. The van der Waals surface area contributed by atoms with Gasteiger partial charge in [0.05, 0.1) is 12.1 Å². The lowest BCUT2D eigenvalue weighted by molar-refractivity contribution is -0.133. The van der Waals surface area contributed by atoms with Crippen LogP contribution in [0.4, 0.5) is 4.39 Å². The van der Waals surface area contributed by atoms with Gasteiger partial charge in [-0.05, 0) is 19.4 Å². The molecule has 0 saturated carbocycles. The second-order valence-electron chi connectivity index (χ2n) is 4.16. The molecule has 1 rings (SSSR count). The number of nitrogens with two attached hydrogens (primary N) is 1. The van der Waals surface area contributed by atoms with Crippen LogP contribution in [0.25, 0.3) is 0 Å². The molecule has 0 aliphatic rings. The number of rotatable bonds is 4. The van der Waals surface area contributed by atoms with Crippen molar-refractivity contribution in [3.63, 3.8) is 0 Å². The minimum Gasteiger partial charge on any atom is -0.338 e. The lowest BCUT2D eigenvalue weighted by atomic mass is 10.1. The minimum atomic E-state index is -0.519. The summed E-state index contributed by atoms with van der Waals surface area (Å²) in [7, 11) is 1.65. The third-order valence-electron chi connectivity index (χ3n) is 3.04. The molecule has 2 N–H and O–H groups in total. The van der Waals surface area contributed by atoms with E-state index in [1.807, 2.05) is 6.92 Å². The van der Waals surface area contributed by atoms with Crippen LogP contribution >= 0.6 is 0 Å². The summed E-state index contributed by atoms with van der Waals surface area (Å²) in [6.07, 6.45) is 0.577. The largest absolute Gasteiger partial charge is 0.338 e. The van der Waals surface area contributed by atoms with Gasteiger partial charge in [0.15, 0.2) is 0 Å². The maximum absolute atomic E-state index is 13.6. The third kappa shape index (κ3) is 3.03. The highest BCUT2D eigenvalue weighted by Gasteiger charge is 2.23. The second-order valence-corrected chi connectivity index (χ2v) is 4.16. The van der Waals surface area contributed by atoms with Crippen LogP contribution in [0.2, 0.25) is 0 Å². The van der Waals surface area contributed by atoms with Crippen LogP contribution in [0.5, 0.6) is 0 Å². The Balaban J connectivity index is 2.87. The van der Waals surface area contributed by atoms with Crippen LogP contribution in [0.1, 0.15) is 31.9 Å². The number of carbonyl (C=O) groups is 1. The molecule has 0 aliphatic heterocycles. The molecule has 1 unspecified atom stereocenters. The molecular weight excluding hydrogens is 219 g/mol. The third-order valence-corrected chi connectivity index (χ3v) is 3.04. The van der Waals surface area contributed by atoms with Gasteiger partial charge in [0, 0.05) is 12.6 Å². The molecule has 17 heavy (non-hydrogen) atoms. The summed E-state index contributed by atoms with van der Waals surface area (Å²) in [5.41, 5.74) is 6.19. The second kappa shape index (κ2) is 5.77. The van der Waals surface area contributed by atoms with Crippen molar-refractivity contribution in [2.24, 2.45) is 5.73 Å². The zero-order valence-corrected chi connectivity index (χ0v) is 10.5. The monoisotopic (exact) mass is 238 g/mol. The Bertz CT molecular complexity index is 395.